The zero-order valence-corrected chi connectivity index (χ0v) is 13.3. The molecule has 0 amide bonds. The van der Waals surface area contributed by atoms with Gasteiger partial charge >= 0.3 is 6.18 Å². The Morgan fingerprint density at radius 1 is 1.04 bits per heavy atom. The van der Waals surface area contributed by atoms with Crippen molar-refractivity contribution in [3.05, 3.63) is 47.5 Å². The number of halogens is 3. The number of oxime groups is 1. The Bertz CT molecular complexity index is 770. The highest BCUT2D eigenvalue weighted by atomic mass is 19.4. The number of nitrogens with zero attached hydrogens (tertiary/aromatic N) is 1. The minimum Gasteiger partial charge on any atom is -0.493 e. The number of hydrogen-bond acceptors (Lipinski definition) is 4. The smallest absolute Gasteiger partial charge is 0.417 e. The molecule has 24 heavy (non-hydrogen) atoms. The van der Waals surface area contributed by atoms with Crippen molar-refractivity contribution in [1.82, 2.24) is 0 Å². The molecule has 0 saturated carbocycles. The predicted molar refractivity (Wildman–Crippen MR) is 84.0 cm³/mol. The maximum atomic E-state index is 13.3. The fourth-order valence-corrected chi connectivity index (χ4v) is 2.40. The second-order valence-corrected chi connectivity index (χ2v) is 4.99. The summed E-state index contributed by atoms with van der Waals surface area (Å²) < 4.78 is 50.5. The highest BCUT2D eigenvalue weighted by Gasteiger charge is 2.34. The highest BCUT2D eigenvalue weighted by molar-refractivity contribution is 6.00. The molecule has 0 saturated heterocycles. The summed E-state index contributed by atoms with van der Waals surface area (Å²) in [6, 6.07) is 8.20. The van der Waals surface area contributed by atoms with Crippen molar-refractivity contribution < 1.29 is 27.9 Å². The molecule has 0 aromatic heterocycles. The van der Waals surface area contributed by atoms with Gasteiger partial charge < -0.3 is 14.7 Å². The number of methoxy groups -OCH3 is 2. The van der Waals surface area contributed by atoms with Crippen LogP contribution in [0.1, 0.15) is 18.1 Å². The van der Waals surface area contributed by atoms with Crippen molar-refractivity contribution >= 4 is 5.71 Å². The molecule has 0 aliphatic rings. The van der Waals surface area contributed by atoms with E-state index in [1.54, 1.807) is 0 Å². The van der Waals surface area contributed by atoms with E-state index in [9.17, 15) is 13.2 Å². The fraction of sp³-hybridized carbons (Fsp3) is 0.235. The van der Waals surface area contributed by atoms with Gasteiger partial charge in [0.25, 0.3) is 0 Å². The zero-order valence-electron chi connectivity index (χ0n) is 13.3. The second kappa shape index (κ2) is 6.82. The Morgan fingerprint density at radius 2 is 1.71 bits per heavy atom. The van der Waals surface area contributed by atoms with Crippen LogP contribution >= 0.6 is 0 Å². The van der Waals surface area contributed by atoms with Crippen LogP contribution in [0.25, 0.3) is 11.1 Å². The summed E-state index contributed by atoms with van der Waals surface area (Å²) in [6.45, 7) is 1.53. The van der Waals surface area contributed by atoms with Gasteiger partial charge in [-0.05, 0) is 30.7 Å². The zero-order chi connectivity index (χ0) is 17.9. The number of rotatable bonds is 4. The monoisotopic (exact) mass is 339 g/mol. The van der Waals surface area contributed by atoms with Crippen LogP contribution in [0.5, 0.6) is 11.5 Å². The first kappa shape index (κ1) is 17.7. The van der Waals surface area contributed by atoms with Crippen molar-refractivity contribution in [1.29, 1.82) is 0 Å². The first-order chi connectivity index (χ1) is 11.3. The van der Waals surface area contributed by atoms with E-state index in [0.29, 0.717) is 5.56 Å². The van der Waals surface area contributed by atoms with E-state index in [4.69, 9.17) is 14.7 Å². The largest absolute Gasteiger partial charge is 0.493 e. The minimum absolute atomic E-state index is 0.0484. The topological polar surface area (TPSA) is 51.0 Å². The quantitative estimate of drug-likeness (QED) is 0.504. The van der Waals surface area contributed by atoms with Crippen LogP contribution in [0.2, 0.25) is 0 Å². The van der Waals surface area contributed by atoms with Gasteiger partial charge in [-0.15, -0.1) is 0 Å². The molecule has 2 aromatic rings. The summed E-state index contributed by atoms with van der Waals surface area (Å²) >= 11 is 0. The molecular weight excluding hydrogens is 323 g/mol. The third-order valence-electron chi connectivity index (χ3n) is 3.57. The first-order valence-corrected chi connectivity index (χ1v) is 6.95. The Balaban J connectivity index is 2.83. The molecule has 0 radical (unpaired) electrons. The summed E-state index contributed by atoms with van der Waals surface area (Å²) in [5.74, 6) is 0.411. The molecule has 128 valence electrons. The summed E-state index contributed by atoms with van der Waals surface area (Å²) in [5, 5.41) is 12.1. The predicted octanol–water partition coefficient (Wildman–Crippen LogP) is 4.59. The Morgan fingerprint density at radius 3 is 2.25 bits per heavy atom. The van der Waals surface area contributed by atoms with E-state index < -0.39 is 11.7 Å². The normalized spacial score (nSPS) is 12.2. The average Bonchev–Trinajstić information content (AvgIpc) is 2.58. The summed E-state index contributed by atoms with van der Waals surface area (Å²) in [6.07, 6.45) is -4.52. The van der Waals surface area contributed by atoms with E-state index in [1.165, 1.54) is 51.5 Å². The molecule has 0 unspecified atom stereocenters. The number of alkyl halides is 3. The Labute approximate surface area is 137 Å². The summed E-state index contributed by atoms with van der Waals surface area (Å²) in [7, 11) is 2.73. The third-order valence-corrected chi connectivity index (χ3v) is 3.57. The molecule has 1 N–H and O–H groups in total. The van der Waals surface area contributed by atoms with Crippen molar-refractivity contribution in [2.24, 2.45) is 5.16 Å². The Kier molecular flexibility index (Phi) is 5.02. The number of ether oxygens (including phenoxy) is 2. The van der Waals surface area contributed by atoms with Gasteiger partial charge in [0.2, 0.25) is 0 Å². The minimum atomic E-state index is -4.52. The van der Waals surface area contributed by atoms with E-state index in [-0.39, 0.29) is 28.3 Å². The third kappa shape index (κ3) is 3.29. The average molecular weight is 339 g/mol. The van der Waals surface area contributed by atoms with Crippen LogP contribution in [0.15, 0.2) is 41.6 Å². The molecule has 7 heteroatoms. The van der Waals surface area contributed by atoms with E-state index in [2.05, 4.69) is 5.16 Å². The summed E-state index contributed by atoms with van der Waals surface area (Å²) in [5.41, 5.74) is 0.0143. The van der Waals surface area contributed by atoms with E-state index in [0.717, 1.165) is 6.07 Å². The number of benzene rings is 2. The van der Waals surface area contributed by atoms with Gasteiger partial charge in [-0.3, -0.25) is 0 Å². The Hall–Kier alpha value is -2.70. The standard InChI is InChI=1S/C17H16F3NO3/c1-10(21-22)11-8-13(16(24-3)15(9-11)23-2)12-6-4-5-7-14(12)17(18,19)20/h4-9,22H,1-3H3/b21-10+. The molecule has 0 bridgehead atoms. The lowest BCUT2D eigenvalue weighted by molar-refractivity contribution is -0.137. The van der Waals surface area contributed by atoms with Gasteiger partial charge in [0.05, 0.1) is 25.5 Å². The molecule has 2 rings (SSSR count). The van der Waals surface area contributed by atoms with E-state index in [1.807, 2.05) is 0 Å². The molecule has 0 atom stereocenters. The molecule has 0 aliphatic heterocycles. The van der Waals surface area contributed by atoms with Crippen molar-refractivity contribution in [3.8, 4) is 22.6 Å². The molecule has 4 nitrogen and oxygen atoms in total. The van der Waals surface area contributed by atoms with Crippen molar-refractivity contribution in [2.45, 2.75) is 13.1 Å². The fourth-order valence-electron chi connectivity index (χ4n) is 2.40. The van der Waals surface area contributed by atoms with Crippen LogP contribution in [-0.2, 0) is 6.18 Å². The van der Waals surface area contributed by atoms with Crippen LogP contribution in [0, 0.1) is 0 Å². The van der Waals surface area contributed by atoms with Gasteiger partial charge in [0, 0.05) is 11.1 Å². The maximum absolute atomic E-state index is 13.3. The molecule has 0 fully saturated rings. The number of hydrogen-bond donors (Lipinski definition) is 1. The second-order valence-electron chi connectivity index (χ2n) is 4.99. The molecule has 0 spiro atoms. The molecule has 0 aliphatic carbocycles. The van der Waals surface area contributed by atoms with Crippen molar-refractivity contribution in [3.63, 3.8) is 0 Å². The lowest BCUT2D eigenvalue weighted by Crippen LogP contribution is -2.08. The van der Waals surface area contributed by atoms with Crippen LogP contribution in [0.3, 0.4) is 0 Å². The lowest BCUT2D eigenvalue weighted by atomic mass is 9.95. The van der Waals surface area contributed by atoms with Gasteiger partial charge in [-0.1, -0.05) is 23.4 Å². The summed E-state index contributed by atoms with van der Waals surface area (Å²) in [4.78, 5) is 0. The molecular formula is C17H16F3NO3. The molecule has 2 aromatic carbocycles. The van der Waals surface area contributed by atoms with Crippen molar-refractivity contribution in [2.75, 3.05) is 14.2 Å². The van der Waals surface area contributed by atoms with Gasteiger partial charge in [0.15, 0.2) is 11.5 Å². The SMILES string of the molecule is COc1cc(/C(C)=N/O)cc(-c2ccccc2C(F)(F)F)c1OC. The van der Waals surface area contributed by atoms with Crippen LogP contribution in [-0.4, -0.2) is 25.1 Å². The molecule has 0 heterocycles. The first-order valence-electron chi connectivity index (χ1n) is 6.95. The van der Waals surface area contributed by atoms with Gasteiger partial charge in [-0.2, -0.15) is 13.2 Å². The van der Waals surface area contributed by atoms with Crippen LogP contribution in [0.4, 0.5) is 13.2 Å². The van der Waals surface area contributed by atoms with E-state index >= 15 is 0 Å². The highest BCUT2D eigenvalue weighted by Crippen LogP contribution is 2.44. The van der Waals surface area contributed by atoms with Gasteiger partial charge in [0.1, 0.15) is 0 Å². The maximum Gasteiger partial charge on any atom is 0.417 e. The lowest BCUT2D eigenvalue weighted by Gasteiger charge is -2.18. The van der Waals surface area contributed by atoms with Crippen LogP contribution < -0.4 is 9.47 Å². The van der Waals surface area contributed by atoms with Gasteiger partial charge in [-0.25, -0.2) is 0 Å².